The lowest BCUT2D eigenvalue weighted by molar-refractivity contribution is 0.112. The summed E-state index contributed by atoms with van der Waals surface area (Å²) in [7, 11) is 4.84. The van der Waals surface area contributed by atoms with Gasteiger partial charge in [0.25, 0.3) is 0 Å². The first-order chi connectivity index (χ1) is 6.69. The molecule has 0 bridgehead atoms. The molecule has 3 nitrogen and oxygen atoms in total. The number of ether oxygens (including phenoxy) is 2. The standard InChI is InChI=1S/C9H10O2.C2H6O/c1-7-3-4-8(6-10)5-9(7)11-2;1-3-2/h3-6H,1-2H3;1-2H3. The van der Waals surface area contributed by atoms with Crippen LogP contribution < -0.4 is 4.74 Å². The number of carbonyl (C=O) groups excluding carboxylic acids is 1. The molecule has 0 unspecified atom stereocenters. The maximum Gasteiger partial charge on any atom is 0.150 e. The summed E-state index contributed by atoms with van der Waals surface area (Å²) in [4.78, 5) is 10.3. The topological polar surface area (TPSA) is 35.5 Å². The molecule has 0 amide bonds. The van der Waals surface area contributed by atoms with E-state index in [1.54, 1.807) is 33.5 Å². The van der Waals surface area contributed by atoms with E-state index >= 15 is 0 Å². The Hall–Kier alpha value is -1.35. The normalized spacial score (nSPS) is 8.57. The van der Waals surface area contributed by atoms with Crippen LogP contribution in [0.15, 0.2) is 18.2 Å². The highest BCUT2D eigenvalue weighted by Gasteiger charge is 1.97. The molecule has 78 valence electrons. The van der Waals surface area contributed by atoms with Crippen molar-refractivity contribution in [1.82, 2.24) is 0 Å². The van der Waals surface area contributed by atoms with Crippen molar-refractivity contribution in [3.05, 3.63) is 29.3 Å². The van der Waals surface area contributed by atoms with E-state index in [2.05, 4.69) is 4.74 Å². The maximum absolute atomic E-state index is 10.3. The number of aryl methyl sites for hydroxylation is 1. The van der Waals surface area contributed by atoms with Crippen LogP contribution in [0.5, 0.6) is 5.75 Å². The smallest absolute Gasteiger partial charge is 0.150 e. The van der Waals surface area contributed by atoms with Crippen molar-refractivity contribution in [3.63, 3.8) is 0 Å². The van der Waals surface area contributed by atoms with E-state index in [1.807, 2.05) is 13.0 Å². The van der Waals surface area contributed by atoms with Crippen LogP contribution in [0, 0.1) is 6.92 Å². The van der Waals surface area contributed by atoms with Gasteiger partial charge in [-0.05, 0) is 18.6 Å². The summed E-state index contributed by atoms with van der Waals surface area (Å²) in [6.45, 7) is 1.94. The summed E-state index contributed by atoms with van der Waals surface area (Å²) in [6.07, 6.45) is 0.808. The first-order valence-electron chi connectivity index (χ1n) is 4.19. The van der Waals surface area contributed by atoms with Crippen molar-refractivity contribution in [3.8, 4) is 5.75 Å². The molecule has 0 spiro atoms. The molecule has 0 atom stereocenters. The van der Waals surface area contributed by atoms with Crippen molar-refractivity contribution in [2.45, 2.75) is 6.92 Å². The molecule has 1 aromatic rings. The molecule has 1 rings (SSSR count). The Morgan fingerprint density at radius 2 is 1.79 bits per heavy atom. The molecule has 0 aliphatic rings. The molecule has 0 saturated heterocycles. The summed E-state index contributed by atoms with van der Waals surface area (Å²) >= 11 is 0. The number of rotatable bonds is 2. The monoisotopic (exact) mass is 196 g/mol. The first-order valence-corrected chi connectivity index (χ1v) is 4.19. The fraction of sp³-hybridized carbons (Fsp3) is 0.364. The van der Waals surface area contributed by atoms with Gasteiger partial charge in [0, 0.05) is 19.8 Å². The Bertz CT molecular complexity index is 282. The van der Waals surface area contributed by atoms with Gasteiger partial charge in [0.1, 0.15) is 12.0 Å². The van der Waals surface area contributed by atoms with Gasteiger partial charge in [-0.2, -0.15) is 0 Å². The zero-order valence-electron chi connectivity index (χ0n) is 9.03. The molecular formula is C11H16O3. The van der Waals surface area contributed by atoms with Gasteiger partial charge >= 0.3 is 0 Å². The van der Waals surface area contributed by atoms with Gasteiger partial charge in [0.15, 0.2) is 0 Å². The zero-order chi connectivity index (χ0) is 11.0. The number of carbonyl (C=O) groups is 1. The van der Waals surface area contributed by atoms with Gasteiger partial charge in [-0.3, -0.25) is 4.79 Å². The second-order valence-corrected chi connectivity index (χ2v) is 2.76. The Morgan fingerprint density at radius 3 is 2.21 bits per heavy atom. The van der Waals surface area contributed by atoms with E-state index in [-0.39, 0.29) is 0 Å². The maximum atomic E-state index is 10.3. The molecular weight excluding hydrogens is 180 g/mol. The molecule has 14 heavy (non-hydrogen) atoms. The third-order valence-electron chi connectivity index (χ3n) is 1.57. The average Bonchev–Trinajstić information content (AvgIpc) is 2.20. The number of hydrogen-bond donors (Lipinski definition) is 0. The highest BCUT2D eigenvalue weighted by Crippen LogP contribution is 2.17. The average molecular weight is 196 g/mol. The second-order valence-electron chi connectivity index (χ2n) is 2.76. The molecule has 0 saturated carbocycles. The van der Waals surface area contributed by atoms with Crippen LogP contribution in [0.1, 0.15) is 15.9 Å². The highest BCUT2D eigenvalue weighted by atomic mass is 16.5. The number of hydrogen-bond acceptors (Lipinski definition) is 3. The lowest BCUT2D eigenvalue weighted by Gasteiger charge is -2.03. The van der Waals surface area contributed by atoms with E-state index in [9.17, 15) is 4.79 Å². The van der Waals surface area contributed by atoms with Gasteiger partial charge in [0.05, 0.1) is 7.11 Å². The summed E-state index contributed by atoms with van der Waals surface area (Å²) < 4.78 is 9.28. The van der Waals surface area contributed by atoms with E-state index in [1.165, 1.54) is 0 Å². The predicted octanol–water partition coefficient (Wildman–Crippen LogP) is 2.08. The third kappa shape index (κ3) is 4.05. The largest absolute Gasteiger partial charge is 0.496 e. The van der Waals surface area contributed by atoms with E-state index in [0.717, 1.165) is 17.6 Å². The quantitative estimate of drug-likeness (QED) is 0.679. The number of benzene rings is 1. The molecule has 0 radical (unpaired) electrons. The minimum atomic E-state index is 0.646. The molecule has 3 heteroatoms. The van der Waals surface area contributed by atoms with Crippen molar-refractivity contribution < 1.29 is 14.3 Å². The minimum absolute atomic E-state index is 0.646. The SMILES string of the molecule is COC.COc1cc(C=O)ccc1C. The van der Waals surface area contributed by atoms with Crippen LogP contribution >= 0.6 is 0 Å². The lowest BCUT2D eigenvalue weighted by Crippen LogP contribution is -1.88. The number of aldehydes is 1. The minimum Gasteiger partial charge on any atom is -0.496 e. The van der Waals surface area contributed by atoms with Crippen LogP contribution in [0.2, 0.25) is 0 Å². The van der Waals surface area contributed by atoms with Gasteiger partial charge in [-0.25, -0.2) is 0 Å². The molecule has 1 aromatic carbocycles. The van der Waals surface area contributed by atoms with Crippen LogP contribution in [-0.4, -0.2) is 27.6 Å². The lowest BCUT2D eigenvalue weighted by atomic mass is 10.1. The Balaban J connectivity index is 0.000000500. The Kier molecular flexibility index (Phi) is 6.41. The summed E-state index contributed by atoms with van der Waals surface area (Å²) in [5.74, 6) is 0.759. The molecule has 0 heterocycles. The van der Waals surface area contributed by atoms with Crippen molar-refractivity contribution in [1.29, 1.82) is 0 Å². The Morgan fingerprint density at radius 1 is 1.21 bits per heavy atom. The molecule has 0 aliphatic carbocycles. The van der Waals surface area contributed by atoms with E-state index in [0.29, 0.717) is 5.56 Å². The highest BCUT2D eigenvalue weighted by molar-refractivity contribution is 5.75. The molecule has 0 N–H and O–H groups in total. The van der Waals surface area contributed by atoms with Gasteiger partial charge in [-0.1, -0.05) is 12.1 Å². The van der Waals surface area contributed by atoms with Crippen LogP contribution in [-0.2, 0) is 4.74 Å². The molecule has 0 aliphatic heterocycles. The fourth-order valence-corrected chi connectivity index (χ4v) is 0.910. The first kappa shape index (κ1) is 12.7. The summed E-state index contributed by atoms with van der Waals surface area (Å²) in [6, 6.07) is 5.36. The van der Waals surface area contributed by atoms with Crippen LogP contribution in [0.3, 0.4) is 0 Å². The van der Waals surface area contributed by atoms with Gasteiger partial charge in [-0.15, -0.1) is 0 Å². The summed E-state index contributed by atoms with van der Waals surface area (Å²) in [5, 5.41) is 0. The molecule has 0 fully saturated rings. The van der Waals surface area contributed by atoms with Crippen LogP contribution in [0.4, 0.5) is 0 Å². The van der Waals surface area contributed by atoms with Gasteiger partial charge in [0.2, 0.25) is 0 Å². The third-order valence-corrected chi connectivity index (χ3v) is 1.57. The fourth-order valence-electron chi connectivity index (χ4n) is 0.910. The zero-order valence-corrected chi connectivity index (χ0v) is 9.03. The van der Waals surface area contributed by atoms with E-state index < -0.39 is 0 Å². The summed E-state index contributed by atoms with van der Waals surface area (Å²) in [5.41, 5.74) is 1.69. The van der Waals surface area contributed by atoms with Gasteiger partial charge < -0.3 is 9.47 Å². The van der Waals surface area contributed by atoms with Crippen molar-refractivity contribution in [2.24, 2.45) is 0 Å². The Labute approximate surface area is 84.7 Å². The van der Waals surface area contributed by atoms with Crippen LogP contribution in [0.25, 0.3) is 0 Å². The van der Waals surface area contributed by atoms with E-state index in [4.69, 9.17) is 4.74 Å². The molecule has 0 aromatic heterocycles. The second kappa shape index (κ2) is 7.09. The van der Waals surface area contributed by atoms with Crippen molar-refractivity contribution >= 4 is 6.29 Å². The number of methoxy groups -OCH3 is 2. The predicted molar refractivity (Wildman–Crippen MR) is 56.1 cm³/mol. The van der Waals surface area contributed by atoms with Crippen molar-refractivity contribution in [2.75, 3.05) is 21.3 Å².